The van der Waals surface area contributed by atoms with Gasteiger partial charge in [0, 0.05) is 30.1 Å². The van der Waals surface area contributed by atoms with Gasteiger partial charge in [0.1, 0.15) is 6.04 Å². The average Bonchev–Trinajstić information content (AvgIpc) is 2.53. The fourth-order valence-corrected chi connectivity index (χ4v) is 2.90. The van der Waals surface area contributed by atoms with Crippen LogP contribution in [0.2, 0.25) is 5.02 Å². The molecule has 1 aliphatic rings. The number of benzene rings is 1. The molecule has 6 heteroatoms. The summed E-state index contributed by atoms with van der Waals surface area (Å²) in [6.45, 7) is 9.25. The normalized spacial score (nSPS) is 19.7. The maximum absolute atomic E-state index is 12.9. The highest BCUT2D eigenvalue weighted by Crippen LogP contribution is 2.25. The second-order valence-electron chi connectivity index (χ2n) is 7.25. The molecule has 1 fully saturated rings. The van der Waals surface area contributed by atoms with Crippen LogP contribution in [0, 0.1) is 5.41 Å². The zero-order valence-corrected chi connectivity index (χ0v) is 15.5. The zero-order chi connectivity index (χ0) is 17.9. The van der Waals surface area contributed by atoms with Gasteiger partial charge in [-0.3, -0.25) is 9.59 Å². The topological polar surface area (TPSA) is 61.4 Å². The van der Waals surface area contributed by atoms with Crippen molar-refractivity contribution in [2.75, 3.05) is 19.6 Å². The minimum Gasteiger partial charge on any atom is -0.344 e. The van der Waals surface area contributed by atoms with Crippen molar-refractivity contribution in [1.29, 1.82) is 0 Å². The van der Waals surface area contributed by atoms with E-state index in [9.17, 15) is 9.59 Å². The van der Waals surface area contributed by atoms with Gasteiger partial charge in [-0.15, -0.1) is 0 Å². The van der Waals surface area contributed by atoms with Gasteiger partial charge in [0.15, 0.2) is 0 Å². The third-order valence-corrected chi connectivity index (χ3v) is 4.39. The Bertz CT molecular complexity index is 613. The highest BCUT2D eigenvalue weighted by molar-refractivity contribution is 6.30. The lowest BCUT2D eigenvalue weighted by Gasteiger charge is -2.38. The van der Waals surface area contributed by atoms with Gasteiger partial charge in [-0.25, -0.2) is 0 Å². The fraction of sp³-hybridized carbons (Fsp3) is 0.556. The van der Waals surface area contributed by atoms with Crippen molar-refractivity contribution in [3.05, 3.63) is 34.9 Å². The van der Waals surface area contributed by atoms with Gasteiger partial charge in [-0.2, -0.15) is 0 Å². The maximum atomic E-state index is 12.9. The van der Waals surface area contributed by atoms with Gasteiger partial charge in [0.25, 0.3) is 0 Å². The molecule has 2 unspecified atom stereocenters. The summed E-state index contributed by atoms with van der Waals surface area (Å²) in [7, 11) is 0. The van der Waals surface area contributed by atoms with Gasteiger partial charge in [-0.05, 0) is 24.6 Å². The van der Waals surface area contributed by atoms with Gasteiger partial charge in [0.05, 0.1) is 6.04 Å². The molecule has 5 nitrogen and oxygen atoms in total. The predicted molar refractivity (Wildman–Crippen MR) is 95.8 cm³/mol. The Hall–Kier alpha value is -1.59. The third kappa shape index (κ3) is 4.48. The van der Waals surface area contributed by atoms with Crippen molar-refractivity contribution < 1.29 is 9.59 Å². The Kier molecular flexibility index (Phi) is 5.88. The van der Waals surface area contributed by atoms with Gasteiger partial charge >= 0.3 is 0 Å². The SMILES string of the molecule is CC(NC(=O)C(C)(C)C)C(=O)N1CCNCC1c1cccc(Cl)c1. The first-order chi connectivity index (χ1) is 11.2. The number of amides is 2. The molecule has 0 radical (unpaired) electrons. The molecule has 0 bridgehead atoms. The van der Waals surface area contributed by atoms with E-state index in [4.69, 9.17) is 11.6 Å². The summed E-state index contributed by atoms with van der Waals surface area (Å²) in [4.78, 5) is 26.9. The largest absolute Gasteiger partial charge is 0.344 e. The maximum Gasteiger partial charge on any atom is 0.245 e. The Morgan fingerprint density at radius 1 is 1.38 bits per heavy atom. The summed E-state index contributed by atoms with van der Waals surface area (Å²) in [5.74, 6) is -0.197. The second kappa shape index (κ2) is 7.53. The van der Waals surface area contributed by atoms with E-state index in [0.717, 1.165) is 12.1 Å². The van der Waals surface area contributed by atoms with E-state index < -0.39 is 11.5 Å². The van der Waals surface area contributed by atoms with Crippen molar-refractivity contribution in [2.24, 2.45) is 5.41 Å². The molecule has 1 aromatic rings. The molecule has 2 rings (SSSR count). The lowest BCUT2D eigenvalue weighted by molar-refractivity contribution is -0.140. The van der Waals surface area contributed by atoms with Crippen molar-refractivity contribution in [2.45, 2.75) is 39.8 Å². The number of nitrogens with one attached hydrogen (secondary N) is 2. The molecule has 0 aliphatic carbocycles. The van der Waals surface area contributed by atoms with Crippen LogP contribution in [0.25, 0.3) is 0 Å². The second-order valence-corrected chi connectivity index (χ2v) is 7.69. The molecule has 0 spiro atoms. The van der Waals surface area contributed by atoms with Gasteiger partial charge < -0.3 is 15.5 Å². The zero-order valence-electron chi connectivity index (χ0n) is 14.7. The highest BCUT2D eigenvalue weighted by Gasteiger charge is 2.32. The molecule has 0 saturated carbocycles. The lowest BCUT2D eigenvalue weighted by Crippen LogP contribution is -2.55. The predicted octanol–water partition coefficient (Wildman–Crippen LogP) is 2.36. The summed E-state index contributed by atoms with van der Waals surface area (Å²) in [6.07, 6.45) is 0. The first-order valence-electron chi connectivity index (χ1n) is 8.28. The third-order valence-electron chi connectivity index (χ3n) is 4.16. The van der Waals surface area contributed by atoms with Crippen LogP contribution in [-0.4, -0.2) is 42.4 Å². The highest BCUT2D eigenvalue weighted by atomic mass is 35.5. The molecule has 2 N–H and O–H groups in total. The Balaban J connectivity index is 2.14. The molecule has 2 amide bonds. The number of hydrogen-bond acceptors (Lipinski definition) is 3. The van der Waals surface area contributed by atoms with E-state index in [-0.39, 0.29) is 17.9 Å². The minimum absolute atomic E-state index is 0.0703. The monoisotopic (exact) mass is 351 g/mol. The molecule has 2 atom stereocenters. The molecule has 1 aliphatic heterocycles. The van der Waals surface area contributed by atoms with Crippen LogP contribution < -0.4 is 10.6 Å². The van der Waals surface area contributed by atoms with Crippen LogP contribution in [-0.2, 0) is 9.59 Å². The van der Waals surface area contributed by atoms with Crippen LogP contribution in [0.1, 0.15) is 39.3 Å². The fourth-order valence-electron chi connectivity index (χ4n) is 2.70. The van der Waals surface area contributed by atoms with E-state index in [1.54, 1.807) is 6.92 Å². The van der Waals surface area contributed by atoms with Crippen LogP contribution in [0.4, 0.5) is 0 Å². The number of rotatable bonds is 3. The molecule has 1 saturated heterocycles. The lowest BCUT2D eigenvalue weighted by atomic mass is 9.95. The molecular weight excluding hydrogens is 326 g/mol. The molecule has 24 heavy (non-hydrogen) atoms. The smallest absolute Gasteiger partial charge is 0.245 e. The van der Waals surface area contributed by atoms with Crippen molar-refractivity contribution in [3.63, 3.8) is 0 Å². The van der Waals surface area contributed by atoms with Crippen molar-refractivity contribution in [1.82, 2.24) is 15.5 Å². The van der Waals surface area contributed by atoms with Crippen LogP contribution >= 0.6 is 11.6 Å². The number of nitrogens with zero attached hydrogens (tertiary/aromatic N) is 1. The molecule has 132 valence electrons. The number of carbonyl (C=O) groups is 2. The molecule has 0 aromatic heterocycles. The molecular formula is C18H26ClN3O2. The van der Waals surface area contributed by atoms with E-state index in [2.05, 4.69) is 10.6 Å². The number of hydrogen-bond donors (Lipinski definition) is 2. The summed E-state index contributed by atoms with van der Waals surface area (Å²) in [6, 6.07) is 6.93. The average molecular weight is 352 g/mol. The van der Waals surface area contributed by atoms with Crippen LogP contribution in [0.15, 0.2) is 24.3 Å². The standard InChI is InChI=1S/C18H26ClN3O2/c1-12(21-17(24)18(2,3)4)16(23)22-9-8-20-11-15(22)13-6-5-7-14(19)10-13/h5-7,10,12,15,20H,8-9,11H2,1-4H3,(H,21,24). The van der Waals surface area contributed by atoms with E-state index >= 15 is 0 Å². The summed E-state index contributed by atoms with van der Waals surface area (Å²) >= 11 is 6.09. The Labute approximate surface area is 148 Å². The number of carbonyl (C=O) groups excluding carboxylic acids is 2. The van der Waals surface area contributed by atoms with Crippen molar-refractivity contribution >= 4 is 23.4 Å². The van der Waals surface area contributed by atoms with E-state index in [0.29, 0.717) is 18.1 Å². The number of piperazine rings is 1. The Morgan fingerprint density at radius 2 is 2.08 bits per heavy atom. The molecule has 1 aromatic carbocycles. The first-order valence-corrected chi connectivity index (χ1v) is 8.65. The van der Waals surface area contributed by atoms with Gasteiger partial charge in [-0.1, -0.05) is 44.5 Å². The first kappa shape index (κ1) is 18.7. The van der Waals surface area contributed by atoms with E-state index in [1.165, 1.54) is 0 Å². The quantitative estimate of drug-likeness (QED) is 0.878. The van der Waals surface area contributed by atoms with Crippen molar-refractivity contribution in [3.8, 4) is 0 Å². The van der Waals surface area contributed by atoms with Crippen LogP contribution in [0.5, 0.6) is 0 Å². The summed E-state index contributed by atoms with van der Waals surface area (Å²) in [5.41, 5.74) is 0.474. The van der Waals surface area contributed by atoms with E-state index in [1.807, 2.05) is 49.9 Å². The molecule has 1 heterocycles. The number of halogens is 1. The Morgan fingerprint density at radius 3 is 2.71 bits per heavy atom. The summed E-state index contributed by atoms with van der Waals surface area (Å²) in [5, 5.41) is 6.79. The summed E-state index contributed by atoms with van der Waals surface area (Å²) < 4.78 is 0. The minimum atomic E-state index is -0.559. The van der Waals surface area contributed by atoms with Gasteiger partial charge in [0.2, 0.25) is 11.8 Å². The van der Waals surface area contributed by atoms with Crippen LogP contribution in [0.3, 0.4) is 0 Å².